The Bertz CT molecular complexity index is 187. The first-order valence-corrected chi connectivity index (χ1v) is 5.10. The lowest BCUT2D eigenvalue weighted by atomic mass is 9.91. The van der Waals surface area contributed by atoms with E-state index in [1.165, 1.54) is 0 Å². The van der Waals surface area contributed by atoms with E-state index in [9.17, 15) is 10.2 Å². The van der Waals surface area contributed by atoms with Crippen LogP contribution in [0.25, 0.3) is 0 Å². The molecule has 1 atom stereocenters. The molecule has 0 aliphatic carbocycles. The van der Waals surface area contributed by atoms with Crippen LogP contribution in [-0.4, -0.2) is 46.2 Å². The van der Waals surface area contributed by atoms with Crippen molar-refractivity contribution in [3.05, 3.63) is 0 Å². The number of nitrogens with zero attached hydrogens (tertiary/aromatic N) is 1. The third-order valence-corrected chi connectivity index (χ3v) is 3.23. The minimum atomic E-state index is -2.18. The zero-order valence-electron chi connectivity index (χ0n) is 8.74. The van der Waals surface area contributed by atoms with Gasteiger partial charge in [0.2, 0.25) is 5.91 Å². The Kier molecular flexibility index (Phi) is 3.49. The molecule has 0 aromatic carbocycles. The molecule has 1 heterocycles. The lowest BCUT2D eigenvalue weighted by molar-refractivity contribution is -0.240. The van der Waals surface area contributed by atoms with Crippen LogP contribution in [0.1, 0.15) is 26.2 Å². The number of aliphatic hydroxyl groups is 2. The van der Waals surface area contributed by atoms with Gasteiger partial charge in [-0.2, -0.15) is 0 Å². The minimum Gasteiger partial charge on any atom is -0.352 e. The molecule has 0 radical (unpaired) electrons. The van der Waals surface area contributed by atoms with Gasteiger partial charge in [0.25, 0.3) is 0 Å². The van der Waals surface area contributed by atoms with Crippen molar-refractivity contribution < 1.29 is 10.2 Å². The number of hydrogen-bond acceptors (Lipinski definition) is 5. The van der Waals surface area contributed by atoms with E-state index in [0.29, 0.717) is 13.0 Å². The van der Waals surface area contributed by atoms with Crippen LogP contribution in [0, 0.1) is 0 Å². The van der Waals surface area contributed by atoms with E-state index in [1.807, 2.05) is 4.90 Å². The second kappa shape index (κ2) is 4.12. The van der Waals surface area contributed by atoms with Gasteiger partial charge < -0.3 is 15.9 Å². The predicted octanol–water partition coefficient (Wildman–Crippen LogP) is -1.21. The van der Waals surface area contributed by atoms with Crippen molar-refractivity contribution in [1.82, 2.24) is 4.90 Å². The van der Waals surface area contributed by atoms with Crippen LogP contribution in [0.2, 0.25) is 0 Å². The van der Waals surface area contributed by atoms with Crippen LogP contribution in [0.3, 0.4) is 0 Å². The molecule has 1 unspecified atom stereocenters. The number of hydrogen-bond donors (Lipinski definition) is 4. The van der Waals surface area contributed by atoms with Gasteiger partial charge in [0.05, 0.1) is 5.54 Å². The molecule has 1 saturated heterocycles. The largest absolute Gasteiger partial charge is 0.352 e. The third-order valence-electron chi connectivity index (χ3n) is 3.23. The Balaban J connectivity index is 2.79. The molecular weight excluding hydrogens is 182 g/mol. The maximum absolute atomic E-state index is 9.56. The summed E-state index contributed by atoms with van der Waals surface area (Å²) >= 11 is 0. The second-order valence-corrected chi connectivity index (χ2v) is 4.23. The first-order chi connectivity index (χ1) is 6.42. The van der Waals surface area contributed by atoms with E-state index >= 15 is 0 Å². The molecule has 0 aromatic rings. The van der Waals surface area contributed by atoms with Crippen LogP contribution in [0.5, 0.6) is 0 Å². The molecule has 14 heavy (non-hydrogen) atoms. The van der Waals surface area contributed by atoms with Crippen molar-refractivity contribution >= 4 is 0 Å². The van der Waals surface area contributed by atoms with Crippen LogP contribution in [0.15, 0.2) is 0 Å². The fourth-order valence-electron chi connectivity index (χ4n) is 2.07. The predicted molar refractivity (Wildman–Crippen MR) is 54.2 cm³/mol. The molecule has 0 amide bonds. The summed E-state index contributed by atoms with van der Waals surface area (Å²) in [7, 11) is 0. The van der Waals surface area contributed by atoms with Gasteiger partial charge in [0.1, 0.15) is 0 Å². The van der Waals surface area contributed by atoms with E-state index in [1.54, 1.807) is 6.92 Å². The van der Waals surface area contributed by atoms with Crippen molar-refractivity contribution in [2.75, 3.05) is 19.6 Å². The lowest BCUT2D eigenvalue weighted by Gasteiger charge is -2.45. The summed E-state index contributed by atoms with van der Waals surface area (Å²) in [5.74, 6) is -2.18. The topological polar surface area (TPSA) is 95.7 Å². The fourth-order valence-corrected chi connectivity index (χ4v) is 2.07. The number of likely N-dealkylation sites (tertiary alicyclic amines) is 1. The standard InChI is InChI=1S/C9H21N3O2/c1-8(4-5-10,9(11,13)14)12-6-2-3-7-12/h13-14H,2-7,10-11H2,1H3. The summed E-state index contributed by atoms with van der Waals surface area (Å²) < 4.78 is 0. The highest BCUT2D eigenvalue weighted by molar-refractivity contribution is 4.96. The van der Waals surface area contributed by atoms with Gasteiger partial charge >= 0.3 is 0 Å². The van der Waals surface area contributed by atoms with Crippen LogP contribution in [0.4, 0.5) is 0 Å². The molecule has 1 aliphatic rings. The summed E-state index contributed by atoms with van der Waals surface area (Å²) in [5, 5.41) is 19.1. The maximum Gasteiger partial charge on any atom is 0.239 e. The number of nitrogens with two attached hydrogens (primary N) is 2. The average Bonchev–Trinajstić information content (AvgIpc) is 2.54. The van der Waals surface area contributed by atoms with Gasteiger partial charge in [-0.05, 0) is 45.8 Å². The molecule has 0 saturated carbocycles. The molecule has 0 spiro atoms. The van der Waals surface area contributed by atoms with Crippen LogP contribution >= 0.6 is 0 Å². The zero-order chi connectivity index (χ0) is 10.8. The highest BCUT2D eigenvalue weighted by atomic mass is 16.5. The van der Waals surface area contributed by atoms with Crippen molar-refractivity contribution in [2.45, 2.75) is 37.6 Å². The molecule has 6 N–H and O–H groups in total. The summed E-state index contributed by atoms with van der Waals surface area (Å²) in [5.41, 5.74) is 10.0. The second-order valence-electron chi connectivity index (χ2n) is 4.23. The Morgan fingerprint density at radius 2 is 1.79 bits per heavy atom. The summed E-state index contributed by atoms with van der Waals surface area (Å²) in [4.78, 5) is 2.01. The molecular formula is C9H21N3O2. The van der Waals surface area contributed by atoms with Gasteiger partial charge in [-0.1, -0.05) is 0 Å². The summed E-state index contributed by atoms with van der Waals surface area (Å²) in [6.45, 7) is 3.87. The highest BCUT2D eigenvalue weighted by Crippen LogP contribution is 2.30. The van der Waals surface area contributed by atoms with E-state index in [2.05, 4.69) is 0 Å². The summed E-state index contributed by atoms with van der Waals surface area (Å²) in [6, 6.07) is 0. The monoisotopic (exact) mass is 203 g/mol. The normalized spacial score (nSPS) is 23.8. The van der Waals surface area contributed by atoms with Crippen LogP contribution in [-0.2, 0) is 0 Å². The summed E-state index contributed by atoms with van der Waals surface area (Å²) in [6.07, 6.45) is 2.64. The SMILES string of the molecule is CC(CCN)(N1CCCC1)C(N)(O)O. The van der Waals surface area contributed by atoms with Crippen molar-refractivity contribution in [1.29, 1.82) is 0 Å². The minimum absolute atomic E-state index is 0.396. The van der Waals surface area contributed by atoms with E-state index < -0.39 is 11.4 Å². The molecule has 0 bridgehead atoms. The quantitative estimate of drug-likeness (QED) is 0.430. The molecule has 1 aliphatic heterocycles. The van der Waals surface area contributed by atoms with Crippen molar-refractivity contribution in [2.24, 2.45) is 11.5 Å². The Labute approximate surface area is 84.7 Å². The van der Waals surface area contributed by atoms with Crippen LogP contribution < -0.4 is 11.5 Å². The molecule has 0 aromatic heterocycles. The molecule has 5 nitrogen and oxygen atoms in total. The lowest BCUT2D eigenvalue weighted by Crippen LogP contribution is -2.67. The smallest absolute Gasteiger partial charge is 0.239 e. The van der Waals surface area contributed by atoms with Gasteiger partial charge in [0.15, 0.2) is 0 Å². The van der Waals surface area contributed by atoms with Gasteiger partial charge in [-0.3, -0.25) is 10.6 Å². The van der Waals surface area contributed by atoms with Gasteiger partial charge in [0, 0.05) is 0 Å². The first kappa shape index (κ1) is 11.9. The van der Waals surface area contributed by atoms with Gasteiger partial charge in [-0.15, -0.1) is 0 Å². The maximum atomic E-state index is 9.56. The molecule has 84 valence electrons. The fraction of sp³-hybridized carbons (Fsp3) is 1.00. The Morgan fingerprint density at radius 3 is 2.14 bits per heavy atom. The zero-order valence-corrected chi connectivity index (χ0v) is 8.74. The average molecular weight is 203 g/mol. The first-order valence-electron chi connectivity index (χ1n) is 5.10. The third kappa shape index (κ3) is 2.07. The molecule has 1 fully saturated rings. The highest BCUT2D eigenvalue weighted by Gasteiger charge is 2.47. The number of rotatable bonds is 4. The van der Waals surface area contributed by atoms with E-state index in [0.717, 1.165) is 25.9 Å². The van der Waals surface area contributed by atoms with Crippen molar-refractivity contribution in [3.8, 4) is 0 Å². The van der Waals surface area contributed by atoms with E-state index in [4.69, 9.17) is 11.5 Å². The van der Waals surface area contributed by atoms with Gasteiger partial charge in [-0.25, -0.2) is 0 Å². The molecule has 1 rings (SSSR count). The Hall–Kier alpha value is -0.200. The Morgan fingerprint density at radius 1 is 1.29 bits per heavy atom. The van der Waals surface area contributed by atoms with E-state index in [-0.39, 0.29) is 0 Å². The van der Waals surface area contributed by atoms with Crippen molar-refractivity contribution in [3.63, 3.8) is 0 Å². The molecule has 5 heteroatoms.